The highest BCUT2D eigenvalue weighted by Crippen LogP contribution is 2.56. The molecule has 0 bridgehead atoms. The van der Waals surface area contributed by atoms with Crippen LogP contribution in [0.15, 0.2) is 48.5 Å². The highest BCUT2D eigenvalue weighted by molar-refractivity contribution is 5.39. The van der Waals surface area contributed by atoms with E-state index in [0.29, 0.717) is 5.56 Å². The van der Waals surface area contributed by atoms with Crippen LogP contribution in [0.1, 0.15) is 30.0 Å². The van der Waals surface area contributed by atoms with Crippen molar-refractivity contribution >= 4 is 0 Å². The van der Waals surface area contributed by atoms with Gasteiger partial charge >= 0.3 is 0 Å². The van der Waals surface area contributed by atoms with Gasteiger partial charge in [0.05, 0.1) is 0 Å². The molecule has 2 aromatic rings. The first-order valence-corrected chi connectivity index (χ1v) is 6.85. The summed E-state index contributed by atoms with van der Waals surface area (Å²) in [5.74, 6) is -0.751. The second kappa shape index (κ2) is 4.98. The number of benzene rings is 2. The highest BCUT2D eigenvalue weighted by atomic mass is 19.1. The van der Waals surface area contributed by atoms with Crippen LogP contribution >= 0.6 is 0 Å². The maximum absolute atomic E-state index is 14.1. The summed E-state index contributed by atoms with van der Waals surface area (Å²) in [6.07, 6.45) is 1.97. The summed E-state index contributed by atoms with van der Waals surface area (Å²) in [4.78, 5) is 0. The number of likely N-dealkylation sites (N-methyl/N-ethyl adjacent to an activating group) is 1. The zero-order valence-electron chi connectivity index (χ0n) is 11.4. The van der Waals surface area contributed by atoms with Crippen molar-refractivity contribution in [2.45, 2.75) is 24.3 Å². The molecule has 1 saturated carbocycles. The first-order valence-electron chi connectivity index (χ1n) is 6.85. The van der Waals surface area contributed by atoms with Crippen molar-refractivity contribution in [1.29, 1.82) is 0 Å². The Morgan fingerprint density at radius 2 is 1.75 bits per heavy atom. The molecule has 1 unspecified atom stereocenters. The second-order valence-electron chi connectivity index (χ2n) is 5.41. The van der Waals surface area contributed by atoms with Crippen LogP contribution < -0.4 is 5.32 Å². The molecule has 0 aromatic heterocycles. The number of halogens is 2. The largest absolute Gasteiger partial charge is 0.312 e. The molecule has 20 heavy (non-hydrogen) atoms. The van der Waals surface area contributed by atoms with Gasteiger partial charge in [-0.1, -0.05) is 30.3 Å². The molecule has 2 aromatic carbocycles. The van der Waals surface area contributed by atoms with Crippen LogP contribution in [-0.2, 0) is 5.41 Å². The maximum atomic E-state index is 14.1. The first kappa shape index (κ1) is 13.3. The first-order chi connectivity index (χ1) is 9.67. The monoisotopic (exact) mass is 273 g/mol. The number of rotatable bonds is 4. The van der Waals surface area contributed by atoms with Gasteiger partial charge in [0.15, 0.2) is 0 Å². The van der Waals surface area contributed by atoms with Crippen LogP contribution in [0.5, 0.6) is 0 Å². The normalized spacial score (nSPS) is 17.8. The van der Waals surface area contributed by atoms with Crippen molar-refractivity contribution in [3.63, 3.8) is 0 Å². The maximum Gasteiger partial charge on any atom is 0.128 e. The zero-order chi connectivity index (χ0) is 14.2. The van der Waals surface area contributed by atoms with Gasteiger partial charge in [-0.2, -0.15) is 0 Å². The van der Waals surface area contributed by atoms with Gasteiger partial charge in [0.2, 0.25) is 0 Å². The third-order valence-corrected chi connectivity index (χ3v) is 4.25. The van der Waals surface area contributed by atoms with Gasteiger partial charge < -0.3 is 5.32 Å². The van der Waals surface area contributed by atoms with E-state index in [9.17, 15) is 8.78 Å². The Hall–Kier alpha value is -1.74. The van der Waals surface area contributed by atoms with Crippen LogP contribution in [0.2, 0.25) is 0 Å². The summed E-state index contributed by atoms with van der Waals surface area (Å²) in [6.45, 7) is 0. The summed E-state index contributed by atoms with van der Waals surface area (Å²) in [6, 6.07) is 13.5. The Bertz CT molecular complexity index is 606. The second-order valence-corrected chi connectivity index (χ2v) is 5.41. The molecule has 104 valence electrons. The topological polar surface area (TPSA) is 12.0 Å². The minimum atomic E-state index is -0.398. The Balaban J connectivity index is 2.04. The van der Waals surface area contributed by atoms with E-state index >= 15 is 0 Å². The van der Waals surface area contributed by atoms with Crippen molar-refractivity contribution in [2.24, 2.45) is 0 Å². The Labute approximate surface area is 117 Å². The smallest absolute Gasteiger partial charge is 0.128 e. The quantitative estimate of drug-likeness (QED) is 0.889. The molecule has 1 aliphatic rings. The lowest BCUT2D eigenvalue weighted by molar-refractivity contribution is 0.438. The van der Waals surface area contributed by atoms with Crippen molar-refractivity contribution in [3.05, 3.63) is 71.3 Å². The van der Waals surface area contributed by atoms with E-state index in [2.05, 4.69) is 17.4 Å². The minimum Gasteiger partial charge on any atom is -0.312 e. The van der Waals surface area contributed by atoms with E-state index < -0.39 is 5.82 Å². The fourth-order valence-corrected chi connectivity index (χ4v) is 3.11. The molecule has 0 amide bonds. The fourth-order valence-electron chi connectivity index (χ4n) is 3.11. The van der Waals surface area contributed by atoms with E-state index in [-0.39, 0.29) is 17.3 Å². The van der Waals surface area contributed by atoms with Crippen LogP contribution in [-0.4, -0.2) is 7.05 Å². The third kappa shape index (κ3) is 2.12. The Morgan fingerprint density at radius 1 is 1.05 bits per heavy atom. The summed E-state index contributed by atoms with van der Waals surface area (Å²) < 4.78 is 27.5. The summed E-state index contributed by atoms with van der Waals surface area (Å²) in [7, 11) is 1.80. The number of nitrogens with one attached hydrogen (secondary N) is 1. The van der Waals surface area contributed by atoms with Gasteiger partial charge in [-0.05, 0) is 43.7 Å². The lowest BCUT2D eigenvalue weighted by Gasteiger charge is -2.28. The highest BCUT2D eigenvalue weighted by Gasteiger charge is 2.51. The molecule has 0 saturated heterocycles. The van der Waals surface area contributed by atoms with Crippen molar-refractivity contribution in [2.75, 3.05) is 7.05 Å². The molecule has 1 fully saturated rings. The number of hydrogen-bond acceptors (Lipinski definition) is 1. The van der Waals surface area contributed by atoms with E-state index in [1.54, 1.807) is 7.05 Å². The van der Waals surface area contributed by atoms with Gasteiger partial charge in [0, 0.05) is 17.0 Å². The van der Waals surface area contributed by atoms with Gasteiger partial charge in [-0.15, -0.1) is 0 Å². The van der Waals surface area contributed by atoms with E-state index in [1.165, 1.54) is 17.7 Å². The average molecular weight is 273 g/mol. The third-order valence-electron chi connectivity index (χ3n) is 4.25. The molecule has 0 radical (unpaired) electrons. The van der Waals surface area contributed by atoms with Crippen LogP contribution in [0.3, 0.4) is 0 Å². The van der Waals surface area contributed by atoms with Crippen LogP contribution in [0.25, 0.3) is 0 Å². The van der Waals surface area contributed by atoms with Crippen molar-refractivity contribution < 1.29 is 8.78 Å². The van der Waals surface area contributed by atoms with Gasteiger partial charge in [-0.3, -0.25) is 0 Å². The molecule has 3 heteroatoms. The fraction of sp³-hybridized carbons (Fsp3) is 0.294. The predicted octanol–water partition coefficient (Wildman–Crippen LogP) is 3.96. The zero-order valence-corrected chi connectivity index (χ0v) is 11.4. The number of hydrogen-bond donors (Lipinski definition) is 1. The summed E-state index contributed by atoms with van der Waals surface area (Å²) >= 11 is 0. The summed E-state index contributed by atoms with van der Waals surface area (Å²) in [5.41, 5.74) is 1.47. The molecule has 0 spiro atoms. The summed E-state index contributed by atoms with van der Waals surface area (Å²) in [5, 5.41) is 3.18. The lowest BCUT2D eigenvalue weighted by atomic mass is 9.83. The van der Waals surface area contributed by atoms with Crippen molar-refractivity contribution in [3.8, 4) is 0 Å². The lowest BCUT2D eigenvalue weighted by Crippen LogP contribution is -2.30. The van der Waals surface area contributed by atoms with E-state index in [4.69, 9.17) is 0 Å². The SMILES string of the molecule is CNC(c1cc(F)ccc1F)C1(c2ccccc2)CC1. The molecule has 1 aliphatic carbocycles. The van der Waals surface area contributed by atoms with Gasteiger partial charge in [0.25, 0.3) is 0 Å². The van der Waals surface area contributed by atoms with Gasteiger partial charge in [0.1, 0.15) is 11.6 Å². The Kier molecular flexibility index (Phi) is 3.30. The molecular weight excluding hydrogens is 256 g/mol. The molecule has 3 rings (SSSR count). The average Bonchev–Trinajstić information content (AvgIpc) is 3.26. The standard InChI is InChI=1S/C17H17F2N/c1-20-16(14-11-13(18)7-8-15(14)19)17(9-10-17)12-5-3-2-4-6-12/h2-8,11,16,20H,9-10H2,1H3. The molecule has 0 aliphatic heterocycles. The van der Waals surface area contributed by atoms with Crippen LogP contribution in [0, 0.1) is 11.6 Å². The van der Waals surface area contributed by atoms with Gasteiger partial charge in [-0.25, -0.2) is 8.78 Å². The molecule has 1 N–H and O–H groups in total. The molecule has 1 atom stereocenters. The van der Waals surface area contributed by atoms with E-state index in [1.807, 2.05) is 18.2 Å². The predicted molar refractivity (Wildman–Crippen MR) is 75.5 cm³/mol. The van der Waals surface area contributed by atoms with E-state index in [0.717, 1.165) is 18.9 Å². The molecule has 1 nitrogen and oxygen atoms in total. The minimum absolute atomic E-state index is 0.120. The molecular formula is C17H17F2N. The van der Waals surface area contributed by atoms with Crippen molar-refractivity contribution in [1.82, 2.24) is 5.32 Å². The Morgan fingerprint density at radius 3 is 2.35 bits per heavy atom. The van der Waals surface area contributed by atoms with Crippen LogP contribution in [0.4, 0.5) is 8.78 Å². The molecule has 0 heterocycles.